The Morgan fingerprint density at radius 2 is 1.88 bits per heavy atom. The van der Waals surface area contributed by atoms with E-state index in [0.717, 1.165) is 42.3 Å². The molecule has 2 heterocycles. The summed E-state index contributed by atoms with van der Waals surface area (Å²) in [5, 5.41) is 14.3. The lowest BCUT2D eigenvalue weighted by molar-refractivity contribution is 0.0579. The molecule has 4 rings (SSSR count). The molecule has 0 bridgehead atoms. The summed E-state index contributed by atoms with van der Waals surface area (Å²) >= 11 is 0. The number of piperidine rings is 1. The molecule has 0 aliphatic carbocycles. The van der Waals surface area contributed by atoms with E-state index in [9.17, 15) is 14.7 Å². The van der Waals surface area contributed by atoms with Gasteiger partial charge in [0.1, 0.15) is 0 Å². The number of nitrogens with zero attached hydrogens (tertiary/aromatic N) is 1. The Morgan fingerprint density at radius 1 is 1.08 bits per heavy atom. The summed E-state index contributed by atoms with van der Waals surface area (Å²) in [5.41, 5.74) is 2.26. The van der Waals surface area contributed by atoms with Crippen molar-refractivity contribution in [1.82, 2.24) is 10.2 Å². The molecule has 2 aliphatic rings. The van der Waals surface area contributed by atoms with Crippen LogP contribution in [0.2, 0.25) is 0 Å². The maximum absolute atomic E-state index is 13.0. The van der Waals surface area contributed by atoms with Gasteiger partial charge in [0.25, 0.3) is 11.8 Å². The second-order valence-corrected chi connectivity index (χ2v) is 6.44. The second kappa shape index (κ2) is 6.00. The lowest BCUT2D eigenvalue weighted by Crippen LogP contribution is -2.42. The number of imide groups is 1. The predicted octanol–water partition coefficient (Wildman–Crippen LogP) is 1.90. The lowest BCUT2D eigenvalue weighted by Gasteiger charge is -2.31. The van der Waals surface area contributed by atoms with Gasteiger partial charge in [-0.3, -0.25) is 14.5 Å². The van der Waals surface area contributed by atoms with Crippen LogP contribution in [-0.2, 0) is 0 Å². The van der Waals surface area contributed by atoms with E-state index < -0.39 is 0 Å². The molecular formula is C19H20N2O3. The van der Waals surface area contributed by atoms with Gasteiger partial charge in [0.05, 0.1) is 18.7 Å². The lowest BCUT2D eigenvalue weighted by atomic mass is 9.82. The van der Waals surface area contributed by atoms with Crippen LogP contribution in [-0.4, -0.2) is 48.1 Å². The third-order valence-corrected chi connectivity index (χ3v) is 5.11. The Bertz CT molecular complexity index is 825. The molecule has 0 spiro atoms. The molecule has 0 radical (unpaired) electrons. The highest BCUT2D eigenvalue weighted by molar-refractivity contribution is 6.26. The van der Waals surface area contributed by atoms with Crippen molar-refractivity contribution in [1.29, 1.82) is 0 Å². The average molecular weight is 324 g/mol. The van der Waals surface area contributed by atoms with E-state index in [-0.39, 0.29) is 25.0 Å². The summed E-state index contributed by atoms with van der Waals surface area (Å²) in [6, 6.07) is 9.62. The van der Waals surface area contributed by atoms with Crippen molar-refractivity contribution in [3.05, 3.63) is 47.0 Å². The van der Waals surface area contributed by atoms with Crippen molar-refractivity contribution in [2.75, 3.05) is 26.2 Å². The van der Waals surface area contributed by atoms with E-state index in [4.69, 9.17) is 0 Å². The molecule has 1 fully saturated rings. The molecular weight excluding hydrogens is 304 g/mol. The number of nitrogens with one attached hydrogen (secondary N) is 1. The minimum atomic E-state index is -0.311. The number of carbonyl (C=O) groups excluding carboxylic acids is 2. The van der Waals surface area contributed by atoms with Crippen LogP contribution in [0.1, 0.15) is 45.0 Å². The fraction of sp³-hybridized carbons (Fsp3) is 0.368. The Labute approximate surface area is 140 Å². The van der Waals surface area contributed by atoms with Crippen LogP contribution in [0.5, 0.6) is 0 Å². The maximum atomic E-state index is 13.0. The quantitative estimate of drug-likeness (QED) is 0.846. The van der Waals surface area contributed by atoms with Gasteiger partial charge in [-0.05, 0) is 48.9 Å². The number of hydrogen-bond donors (Lipinski definition) is 2. The molecule has 24 heavy (non-hydrogen) atoms. The third kappa shape index (κ3) is 2.24. The van der Waals surface area contributed by atoms with Crippen LogP contribution >= 0.6 is 0 Å². The largest absolute Gasteiger partial charge is 0.395 e. The summed E-state index contributed by atoms with van der Waals surface area (Å²) < 4.78 is 0. The molecule has 2 aliphatic heterocycles. The standard InChI is InChI=1S/C19H20N2O3/c22-11-10-21-18(23)15-3-1-2-13-4-5-14(12-6-8-20-9-7-12)17(16(13)15)19(21)24/h1-5,12,20,22H,6-11H2. The van der Waals surface area contributed by atoms with Crippen molar-refractivity contribution < 1.29 is 14.7 Å². The first kappa shape index (κ1) is 15.3. The van der Waals surface area contributed by atoms with Gasteiger partial charge in [0.2, 0.25) is 0 Å². The van der Waals surface area contributed by atoms with Crippen LogP contribution in [0.4, 0.5) is 0 Å². The first-order valence-corrected chi connectivity index (χ1v) is 8.45. The number of amides is 2. The molecule has 5 nitrogen and oxygen atoms in total. The highest BCUT2D eigenvalue weighted by Gasteiger charge is 2.35. The Morgan fingerprint density at radius 3 is 2.62 bits per heavy atom. The van der Waals surface area contributed by atoms with Crippen LogP contribution in [0, 0.1) is 0 Å². The number of carbonyl (C=O) groups is 2. The van der Waals surface area contributed by atoms with Crippen molar-refractivity contribution in [3.8, 4) is 0 Å². The van der Waals surface area contributed by atoms with Crippen molar-refractivity contribution in [2.24, 2.45) is 0 Å². The third-order valence-electron chi connectivity index (χ3n) is 5.11. The maximum Gasteiger partial charge on any atom is 0.261 e. The van der Waals surface area contributed by atoms with E-state index in [1.54, 1.807) is 6.07 Å². The molecule has 2 aromatic carbocycles. The number of rotatable bonds is 3. The zero-order valence-corrected chi connectivity index (χ0v) is 13.4. The zero-order chi connectivity index (χ0) is 16.7. The molecule has 1 saturated heterocycles. The zero-order valence-electron chi connectivity index (χ0n) is 13.4. The molecule has 0 aromatic heterocycles. The highest BCUT2D eigenvalue weighted by Crippen LogP contribution is 2.37. The SMILES string of the molecule is O=C1c2cccc3ccc(C4CCNCC4)c(c23)C(=O)N1CCO. The van der Waals surface area contributed by atoms with Gasteiger partial charge in [0, 0.05) is 10.9 Å². The van der Waals surface area contributed by atoms with Gasteiger partial charge in [-0.1, -0.05) is 24.3 Å². The van der Waals surface area contributed by atoms with Crippen LogP contribution in [0.15, 0.2) is 30.3 Å². The number of β-amino-alcohol motifs (C(OH)–C–C–N with tert-alkyl or cyclic N) is 1. The first-order valence-electron chi connectivity index (χ1n) is 8.45. The van der Waals surface area contributed by atoms with E-state index in [1.165, 1.54) is 4.90 Å². The Balaban J connectivity index is 1.96. The summed E-state index contributed by atoms with van der Waals surface area (Å²) in [6.07, 6.45) is 1.98. The second-order valence-electron chi connectivity index (χ2n) is 6.44. The molecule has 124 valence electrons. The summed E-state index contributed by atoms with van der Waals surface area (Å²) in [6.45, 7) is 1.70. The fourth-order valence-corrected chi connectivity index (χ4v) is 3.95. The van der Waals surface area contributed by atoms with Crippen LogP contribution < -0.4 is 5.32 Å². The highest BCUT2D eigenvalue weighted by atomic mass is 16.3. The number of benzene rings is 2. The van der Waals surface area contributed by atoms with Gasteiger partial charge >= 0.3 is 0 Å². The van der Waals surface area contributed by atoms with E-state index in [2.05, 4.69) is 5.32 Å². The molecule has 0 unspecified atom stereocenters. The molecule has 0 saturated carbocycles. The Hall–Kier alpha value is -2.24. The minimum Gasteiger partial charge on any atom is -0.395 e. The predicted molar refractivity (Wildman–Crippen MR) is 91.2 cm³/mol. The van der Waals surface area contributed by atoms with Gasteiger partial charge in [-0.15, -0.1) is 0 Å². The van der Waals surface area contributed by atoms with Gasteiger partial charge < -0.3 is 10.4 Å². The van der Waals surface area contributed by atoms with Gasteiger partial charge in [0.15, 0.2) is 0 Å². The number of aliphatic hydroxyl groups is 1. The average Bonchev–Trinajstić information content (AvgIpc) is 2.63. The topological polar surface area (TPSA) is 69.6 Å². The smallest absolute Gasteiger partial charge is 0.261 e. The van der Waals surface area contributed by atoms with Gasteiger partial charge in [-0.2, -0.15) is 0 Å². The minimum absolute atomic E-state index is 0.0358. The van der Waals surface area contributed by atoms with Crippen molar-refractivity contribution in [3.63, 3.8) is 0 Å². The first-order chi connectivity index (χ1) is 11.7. The monoisotopic (exact) mass is 324 g/mol. The Kier molecular flexibility index (Phi) is 3.82. The van der Waals surface area contributed by atoms with E-state index >= 15 is 0 Å². The molecule has 2 N–H and O–H groups in total. The van der Waals surface area contributed by atoms with Crippen LogP contribution in [0.25, 0.3) is 10.8 Å². The van der Waals surface area contributed by atoms with E-state index in [0.29, 0.717) is 17.0 Å². The van der Waals surface area contributed by atoms with Crippen molar-refractivity contribution in [2.45, 2.75) is 18.8 Å². The number of aliphatic hydroxyl groups excluding tert-OH is 1. The van der Waals surface area contributed by atoms with Gasteiger partial charge in [-0.25, -0.2) is 0 Å². The summed E-state index contributed by atoms with van der Waals surface area (Å²) in [4.78, 5) is 26.9. The molecule has 2 amide bonds. The fourth-order valence-electron chi connectivity index (χ4n) is 3.95. The summed E-state index contributed by atoms with van der Waals surface area (Å²) in [7, 11) is 0. The van der Waals surface area contributed by atoms with E-state index in [1.807, 2.05) is 24.3 Å². The summed E-state index contributed by atoms with van der Waals surface area (Å²) in [5.74, 6) is -0.256. The molecule has 2 aromatic rings. The molecule has 5 heteroatoms. The number of hydrogen-bond acceptors (Lipinski definition) is 4. The van der Waals surface area contributed by atoms with Crippen molar-refractivity contribution >= 4 is 22.6 Å². The molecule has 0 atom stereocenters. The van der Waals surface area contributed by atoms with Crippen LogP contribution in [0.3, 0.4) is 0 Å². The normalized spacial score (nSPS) is 18.5.